The fourth-order valence-corrected chi connectivity index (χ4v) is 3.97. The highest BCUT2D eigenvalue weighted by molar-refractivity contribution is 5.89. The smallest absolute Gasteiger partial charge is 0.243 e. The highest BCUT2D eigenvalue weighted by Crippen LogP contribution is 2.19. The number of benzene rings is 3. The number of carbonyl (C=O) groups is 2. The van der Waals surface area contributed by atoms with Gasteiger partial charge in [0.1, 0.15) is 6.04 Å². The van der Waals surface area contributed by atoms with Crippen molar-refractivity contribution in [2.24, 2.45) is 0 Å². The zero-order valence-corrected chi connectivity index (χ0v) is 21.0. The molecule has 0 bridgehead atoms. The number of nitrogens with one attached hydrogen (secondary N) is 1. The van der Waals surface area contributed by atoms with E-state index in [1.54, 1.807) is 4.90 Å². The van der Waals surface area contributed by atoms with E-state index in [2.05, 4.69) is 5.32 Å². The predicted molar refractivity (Wildman–Crippen MR) is 138 cm³/mol. The van der Waals surface area contributed by atoms with Crippen LogP contribution >= 0.6 is 0 Å². The molecule has 2 amide bonds. The molecule has 3 aromatic carbocycles. The molecule has 0 spiro atoms. The number of nitrogens with zero attached hydrogens (tertiary/aromatic N) is 1. The number of aryl methyl sites for hydroxylation is 2. The lowest BCUT2D eigenvalue weighted by atomic mass is 9.99. The van der Waals surface area contributed by atoms with Gasteiger partial charge in [-0.3, -0.25) is 9.59 Å². The van der Waals surface area contributed by atoms with Crippen LogP contribution in [0.4, 0.5) is 0 Å². The van der Waals surface area contributed by atoms with Crippen LogP contribution in [-0.2, 0) is 29.0 Å². The summed E-state index contributed by atoms with van der Waals surface area (Å²) in [5.74, 6) is -0.193. The minimum absolute atomic E-state index is 0.0557. The third-order valence-electron chi connectivity index (χ3n) is 5.85. The molecule has 0 saturated heterocycles. The van der Waals surface area contributed by atoms with E-state index in [-0.39, 0.29) is 18.2 Å². The Labute approximate surface area is 204 Å². The van der Waals surface area contributed by atoms with Gasteiger partial charge in [-0.05, 0) is 56.9 Å². The minimum atomic E-state index is -0.626. The Bertz CT molecular complexity index is 1100. The first kappa shape index (κ1) is 25.2. The van der Waals surface area contributed by atoms with Crippen molar-refractivity contribution in [3.05, 3.63) is 107 Å². The van der Waals surface area contributed by atoms with Crippen molar-refractivity contribution in [2.75, 3.05) is 0 Å². The summed E-state index contributed by atoms with van der Waals surface area (Å²) in [4.78, 5) is 29.1. The van der Waals surface area contributed by atoms with E-state index in [0.29, 0.717) is 13.0 Å². The summed E-state index contributed by atoms with van der Waals surface area (Å²) in [6.45, 7) is 10.3. The van der Waals surface area contributed by atoms with Gasteiger partial charge in [0.05, 0.1) is 6.42 Å². The lowest BCUT2D eigenvalue weighted by molar-refractivity contribution is -0.141. The fraction of sp³-hybridized carbons (Fsp3) is 0.333. The summed E-state index contributed by atoms with van der Waals surface area (Å²) in [5.41, 5.74) is 4.84. The second-order valence-electron chi connectivity index (χ2n) is 10.1. The molecule has 0 radical (unpaired) electrons. The van der Waals surface area contributed by atoms with Gasteiger partial charge in [-0.1, -0.05) is 84.4 Å². The highest BCUT2D eigenvalue weighted by atomic mass is 16.2. The van der Waals surface area contributed by atoms with Gasteiger partial charge >= 0.3 is 0 Å². The zero-order valence-electron chi connectivity index (χ0n) is 21.0. The molecule has 34 heavy (non-hydrogen) atoms. The first-order chi connectivity index (χ1) is 16.1. The predicted octanol–water partition coefficient (Wildman–Crippen LogP) is 5.40. The molecule has 0 aliphatic rings. The minimum Gasteiger partial charge on any atom is -0.350 e. The number of amides is 2. The first-order valence-electron chi connectivity index (χ1n) is 11.9. The molecule has 0 aliphatic heterocycles. The molecule has 1 atom stereocenters. The summed E-state index contributed by atoms with van der Waals surface area (Å²) in [6.07, 6.45) is 0.709. The molecule has 3 aromatic rings. The fourth-order valence-electron chi connectivity index (χ4n) is 3.97. The van der Waals surface area contributed by atoms with E-state index >= 15 is 0 Å². The van der Waals surface area contributed by atoms with Crippen molar-refractivity contribution >= 4 is 11.8 Å². The Morgan fingerprint density at radius 1 is 0.824 bits per heavy atom. The molecule has 0 saturated carbocycles. The summed E-state index contributed by atoms with van der Waals surface area (Å²) in [6, 6.07) is 25.4. The Hall–Kier alpha value is -3.40. The third-order valence-corrected chi connectivity index (χ3v) is 5.85. The molecular weight excluding hydrogens is 420 g/mol. The summed E-state index contributed by atoms with van der Waals surface area (Å²) in [7, 11) is 0. The van der Waals surface area contributed by atoms with Gasteiger partial charge in [0, 0.05) is 18.5 Å². The Morgan fingerprint density at radius 3 is 2.06 bits per heavy atom. The van der Waals surface area contributed by atoms with Gasteiger partial charge in [-0.15, -0.1) is 0 Å². The second-order valence-corrected chi connectivity index (χ2v) is 10.1. The molecule has 178 valence electrons. The van der Waals surface area contributed by atoms with Crippen molar-refractivity contribution in [3.8, 4) is 0 Å². The quantitative estimate of drug-likeness (QED) is 0.493. The largest absolute Gasteiger partial charge is 0.350 e. The highest BCUT2D eigenvalue weighted by Gasteiger charge is 2.32. The lowest BCUT2D eigenvalue weighted by Gasteiger charge is -2.34. The first-order valence-corrected chi connectivity index (χ1v) is 11.9. The van der Waals surface area contributed by atoms with E-state index in [1.807, 2.05) is 113 Å². The SMILES string of the molecule is Cc1ccc(CN(C(=O)Cc2ccccc2C)C(Cc2ccccc2)C(=O)NC(C)(C)C)cc1. The average Bonchev–Trinajstić information content (AvgIpc) is 2.78. The maximum Gasteiger partial charge on any atom is 0.243 e. The van der Waals surface area contributed by atoms with Gasteiger partial charge in [-0.25, -0.2) is 0 Å². The van der Waals surface area contributed by atoms with Gasteiger partial charge in [0.25, 0.3) is 0 Å². The van der Waals surface area contributed by atoms with Crippen LogP contribution in [-0.4, -0.2) is 28.3 Å². The molecule has 4 nitrogen and oxygen atoms in total. The van der Waals surface area contributed by atoms with Crippen LogP contribution < -0.4 is 5.32 Å². The van der Waals surface area contributed by atoms with Crippen molar-refractivity contribution in [2.45, 2.75) is 65.6 Å². The van der Waals surface area contributed by atoms with Crippen molar-refractivity contribution in [3.63, 3.8) is 0 Å². The van der Waals surface area contributed by atoms with Crippen molar-refractivity contribution in [1.82, 2.24) is 10.2 Å². The van der Waals surface area contributed by atoms with Crippen LogP contribution in [0.2, 0.25) is 0 Å². The Kier molecular flexibility index (Phi) is 8.27. The topological polar surface area (TPSA) is 49.4 Å². The molecule has 3 rings (SSSR count). The number of carbonyl (C=O) groups excluding carboxylic acids is 2. The maximum atomic E-state index is 13.8. The van der Waals surface area contributed by atoms with Crippen LogP contribution in [0, 0.1) is 13.8 Å². The zero-order chi connectivity index (χ0) is 24.7. The van der Waals surface area contributed by atoms with E-state index in [0.717, 1.165) is 27.8 Å². The molecule has 0 heterocycles. The van der Waals surface area contributed by atoms with E-state index in [1.165, 1.54) is 0 Å². The molecule has 0 fully saturated rings. The number of hydrogen-bond acceptors (Lipinski definition) is 2. The number of hydrogen-bond donors (Lipinski definition) is 1. The lowest BCUT2D eigenvalue weighted by Crippen LogP contribution is -2.54. The normalized spacial score (nSPS) is 12.1. The molecule has 0 aromatic heterocycles. The Morgan fingerprint density at radius 2 is 1.44 bits per heavy atom. The second kappa shape index (κ2) is 11.1. The third kappa shape index (κ3) is 7.31. The van der Waals surface area contributed by atoms with Crippen LogP contribution in [0.3, 0.4) is 0 Å². The molecule has 4 heteroatoms. The van der Waals surface area contributed by atoms with Crippen molar-refractivity contribution in [1.29, 1.82) is 0 Å². The summed E-state index contributed by atoms with van der Waals surface area (Å²) in [5, 5.41) is 3.11. The summed E-state index contributed by atoms with van der Waals surface area (Å²) < 4.78 is 0. The molecule has 1 unspecified atom stereocenters. The van der Waals surface area contributed by atoms with Crippen LogP contribution in [0.15, 0.2) is 78.9 Å². The van der Waals surface area contributed by atoms with Crippen LogP contribution in [0.25, 0.3) is 0 Å². The van der Waals surface area contributed by atoms with E-state index < -0.39 is 11.6 Å². The average molecular weight is 457 g/mol. The van der Waals surface area contributed by atoms with Gasteiger partial charge in [-0.2, -0.15) is 0 Å². The standard InChI is InChI=1S/C30H36N2O2/c1-22-15-17-25(18-16-22)21-32(28(33)20-26-14-10-9-11-23(26)2)27(29(34)31-30(3,4)5)19-24-12-7-6-8-13-24/h6-18,27H,19-21H2,1-5H3,(H,31,34). The summed E-state index contributed by atoms with van der Waals surface area (Å²) >= 11 is 0. The number of rotatable bonds is 8. The maximum absolute atomic E-state index is 13.8. The molecular formula is C30H36N2O2. The van der Waals surface area contributed by atoms with Gasteiger partial charge in [0.2, 0.25) is 11.8 Å². The van der Waals surface area contributed by atoms with Gasteiger partial charge in [0.15, 0.2) is 0 Å². The molecule has 0 aliphatic carbocycles. The van der Waals surface area contributed by atoms with Crippen LogP contribution in [0.5, 0.6) is 0 Å². The van der Waals surface area contributed by atoms with Crippen LogP contribution in [0.1, 0.15) is 48.6 Å². The van der Waals surface area contributed by atoms with Gasteiger partial charge < -0.3 is 10.2 Å². The molecule has 1 N–H and O–H groups in total. The van der Waals surface area contributed by atoms with E-state index in [9.17, 15) is 9.59 Å². The van der Waals surface area contributed by atoms with Crippen molar-refractivity contribution < 1.29 is 9.59 Å². The Balaban J connectivity index is 1.99. The monoisotopic (exact) mass is 456 g/mol. The van der Waals surface area contributed by atoms with E-state index in [4.69, 9.17) is 0 Å².